The average molecular weight is 417 g/mol. The number of aryl methyl sites for hydroxylation is 1. The van der Waals surface area contributed by atoms with Crippen LogP contribution in [0, 0.1) is 12.3 Å². The number of carbonyl (C=O) groups is 1. The predicted molar refractivity (Wildman–Crippen MR) is 124 cm³/mol. The standard InChI is InChI=1S/C27H32N2O2/c1-18-10-12-22-21(14-18)25-23-13-11-20(28(23)4)15-24(25)29(22)17-27(2,3)26(30)31-16-19-8-6-5-7-9-19/h5-10,12,14,20,23H,11,13,15-17H2,1-4H3. The van der Waals surface area contributed by atoms with E-state index >= 15 is 0 Å². The number of esters is 1. The lowest BCUT2D eigenvalue weighted by atomic mass is 9.92. The third-order valence-corrected chi connectivity index (χ3v) is 7.29. The Balaban J connectivity index is 1.48. The summed E-state index contributed by atoms with van der Waals surface area (Å²) >= 11 is 0. The summed E-state index contributed by atoms with van der Waals surface area (Å²) in [5.74, 6) is -0.144. The van der Waals surface area contributed by atoms with E-state index in [0.29, 0.717) is 25.2 Å². The first kappa shape index (κ1) is 20.3. The number of aromatic nitrogens is 1. The largest absolute Gasteiger partial charge is 0.460 e. The Kier molecular flexibility index (Phi) is 4.93. The highest BCUT2D eigenvalue weighted by Crippen LogP contribution is 2.47. The monoisotopic (exact) mass is 416 g/mol. The Morgan fingerprint density at radius 1 is 1.13 bits per heavy atom. The Bertz CT molecular complexity index is 1130. The van der Waals surface area contributed by atoms with Crippen LogP contribution >= 0.6 is 0 Å². The summed E-state index contributed by atoms with van der Waals surface area (Å²) in [5.41, 5.74) is 5.86. The van der Waals surface area contributed by atoms with Gasteiger partial charge in [0.25, 0.3) is 0 Å². The lowest BCUT2D eigenvalue weighted by molar-refractivity contribution is -0.156. The number of nitrogens with zero attached hydrogens (tertiary/aromatic N) is 2. The molecular weight excluding hydrogens is 384 g/mol. The molecular formula is C27H32N2O2. The number of ether oxygens (including phenoxy) is 1. The third-order valence-electron chi connectivity index (χ3n) is 7.29. The summed E-state index contributed by atoms with van der Waals surface area (Å²) in [6, 6.07) is 17.8. The van der Waals surface area contributed by atoms with Crippen LogP contribution in [-0.4, -0.2) is 28.5 Å². The van der Waals surface area contributed by atoms with Gasteiger partial charge in [-0.2, -0.15) is 0 Å². The minimum absolute atomic E-state index is 0.144. The van der Waals surface area contributed by atoms with Crippen LogP contribution in [0.1, 0.15) is 55.1 Å². The second-order valence-corrected chi connectivity index (χ2v) is 10.0. The van der Waals surface area contributed by atoms with Crippen molar-refractivity contribution in [3.63, 3.8) is 0 Å². The second-order valence-electron chi connectivity index (χ2n) is 10.0. The summed E-state index contributed by atoms with van der Waals surface area (Å²) in [5, 5.41) is 1.36. The molecule has 3 aromatic rings. The van der Waals surface area contributed by atoms with Crippen molar-refractivity contribution in [1.82, 2.24) is 9.47 Å². The van der Waals surface area contributed by atoms with Crippen molar-refractivity contribution < 1.29 is 9.53 Å². The molecule has 3 heterocycles. The molecule has 4 heteroatoms. The maximum Gasteiger partial charge on any atom is 0.313 e. The number of hydrogen-bond acceptors (Lipinski definition) is 3. The molecule has 1 fully saturated rings. The molecule has 0 radical (unpaired) electrons. The number of rotatable bonds is 5. The molecule has 1 saturated heterocycles. The molecule has 0 saturated carbocycles. The molecule has 2 atom stereocenters. The Morgan fingerprint density at radius 2 is 1.90 bits per heavy atom. The Hall–Kier alpha value is -2.59. The molecule has 31 heavy (non-hydrogen) atoms. The number of carbonyl (C=O) groups excluding carboxylic acids is 1. The van der Waals surface area contributed by atoms with Gasteiger partial charge in [-0.1, -0.05) is 42.0 Å². The van der Waals surface area contributed by atoms with Gasteiger partial charge in [0.15, 0.2) is 0 Å². The zero-order valence-corrected chi connectivity index (χ0v) is 19.0. The van der Waals surface area contributed by atoms with Gasteiger partial charge in [0.05, 0.1) is 5.41 Å². The van der Waals surface area contributed by atoms with E-state index in [9.17, 15) is 4.79 Å². The van der Waals surface area contributed by atoms with E-state index in [1.807, 2.05) is 44.2 Å². The molecule has 2 aliphatic rings. The summed E-state index contributed by atoms with van der Waals surface area (Å²) in [4.78, 5) is 15.6. The zero-order chi connectivity index (χ0) is 21.8. The van der Waals surface area contributed by atoms with Crippen LogP contribution in [0.15, 0.2) is 48.5 Å². The van der Waals surface area contributed by atoms with Crippen LogP contribution in [0.4, 0.5) is 0 Å². The highest BCUT2D eigenvalue weighted by atomic mass is 16.5. The van der Waals surface area contributed by atoms with Crippen molar-refractivity contribution in [2.75, 3.05) is 7.05 Å². The molecule has 0 aliphatic carbocycles. The second kappa shape index (κ2) is 7.52. The summed E-state index contributed by atoms with van der Waals surface area (Å²) < 4.78 is 8.15. The van der Waals surface area contributed by atoms with Gasteiger partial charge in [0.2, 0.25) is 0 Å². The highest BCUT2D eigenvalue weighted by molar-refractivity contribution is 5.87. The molecule has 2 aromatic carbocycles. The van der Waals surface area contributed by atoms with E-state index in [2.05, 4.69) is 41.6 Å². The van der Waals surface area contributed by atoms with Gasteiger partial charge in [-0.15, -0.1) is 0 Å². The first-order valence-electron chi connectivity index (χ1n) is 11.4. The first-order chi connectivity index (χ1) is 14.8. The summed E-state index contributed by atoms with van der Waals surface area (Å²) in [6.07, 6.45) is 3.54. The summed E-state index contributed by atoms with van der Waals surface area (Å²) in [7, 11) is 2.27. The number of fused-ring (bicyclic) bond motifs is 6. The minimum atomic E-state index is -0.609. The molecule has 2 aliphatic heterocycles. The van der Waals surface area contributed by atoms with Crippen molar-refractivity contribution in [2.45, 2.75) is 65.3 Å². The topological polar surface area (TPSA) is 34.5 Å². The van der Waals surface area contributed by atoms with Gasteiger partial charge in [-0.3, -0.25) is 9.69 Å². The van der Waals surface area contributed by atoms with Crippen molar-refractivity contribution in [3.05, 3.63) is 70.9 Å². The van der Waals surface area contributed by atoms with Crippen molar-refractivity contribution in [3.8, 4) is 0 Å². The van der Waals surface area contributed by atoms with Crippen LogP contribution in [0.3, 0.4) is 0 Å². The molecule has 0 amide bonds. The quantitative estimate of drug-likeness (QED) is 0.522. The number of hydrogen-bond donors (Lipinski definition) is 0. The lowest BCUT2D eigenvalue weighted by Crippen LogP contribution is -2.36. The number of likely N-dealkylation sites (N-methyl/N-ethyl adjacent to an activating group) is 1. The van der Waals surface area contributed by atoms with E-state index in [-0.39, 0.29) is 5.97 Å². The fourth-order valence-corrected chi connectivity index (χ4v) is 5.53. The smallest absolute Gasteiger partial charge is 0.313 e. The van der Waals surface area contributed by atoms with Gasteiger partial charge in [0.1, 0.15) is 6.61 Å². The fourth-order valence-electron chi connectivity index (χ4n) is 5.53. The predicted octanol–water partition coefficient (Wildman–Crippen LogP) is 5.41. The van der Waals surface area contributed by atoms with E-state index in [0.717, 1.165) is 12.0 Å². The SMILES string of the molecule is Cc1ccc2c(c1)c1c(n2CC(C)(C)C(=O)OCc2ccccc2)CC2CCC1N2C. The van der Waals surface area contributed by atoms with Crippen LogP contribution < -0.4 is 0 Å². The first-order valence-corrected chi connectivity index (χ1v) is 11.4. The van der Waals surface area contributed by atoms with E-state index in [1.54, 1.807) is 0 Å². The van der Waals surface area contributed by atoms with Crippen LogP contribution in [-0.2, 0) is 29.1 Å². The van der Waals surface area contributed by atoms with Crippen LogP contribution in [0.5, 0.6) is 0 Å². The molecule has 0 N–H and O–H groups in total. The van der Waals surface area contributed by atoms with Gasteiger partial charge in [-0.25, -0.2) is 0 Å². The molecule has 2 unspecified atom stereocenters. The normalized spacial score (nSPS) is 20.8. The average Bonchev–Trinajstić information content (AvgIpc) is 3.15. The highest BCUT2D eigenvalue weighted by Gasteiger charge is 2.42. The lowest BCUT2D eigenvalue weighted by Gasteiger charge is -2.33. The van der Waals surface area contributed by atoms with Gasteiger partial charge in [-0.05, 0) is 63.9 Å². The third kappa shape index (κ3) is 3.47. The molecule has 2 bridgehead atoms. The zero-order valence-electron chi connectivity index (χ0n) is 19.0. The molecule has 1 aromatic heterocycles. The van der Waals surface area contributed by atoms with E-state index < -0.39 is 5.41 Å². The van der Waals surface area contributed by atoms with Crippen molar-refractivity contribution in [2.24, 2.45) is 5.41 Å². The Labute approximate surface area is 184 Å². The van der Waals surface area contributed by atoms with Crippen molar-refractivity contribution >= 4 is 16.9 Å². The molecule has 162 valence electrons. The van der Waals surface area contributed by atoms with Gasteiger partial charge in [0, 0.05) is 41.6 Å². The minimum Gasteiger partial charge on any atom is -0.460 e. The number of benzene rings is 2. The molecule has 5 rings (SSSR count). The van der Waals surface area contributed by atoms with Crippen LogP contribution in [0.2, 0.25) is 0 Å². The maximum absolute atomic E-state index is 13.1. The van der Waals surface area contributed by atoms with E-state index in [1.165, 1.54) is 40.6 Å². The van der Waals surface area contributed by atoms with Gasteiger partial charge < -0.3 is 9.30 Å². The van der Waals surface area contributed by atoms with E-state index in [4.69, 9.17) is 4.74 Å². The van der Waals surface area contributed by atoms with Gasteiger partial charge >= 0.3 is 5.97 Å². The molecule has 4 nitrogen and oxygen atoms in total. The summed E-state index contributed by atoms with van der Waals surface area (Å²) in [6.45, 7) is 7.14. The Morgan fingerprint density at radius 3 is 2.68 bits per heavy atom. The van der Waals surface area contributed by atoms with Crippen molar-refractivity contribution in [1.29, 1.82) is 0 Å². The molecule has 0 spiro atoms. The maximum atomic E-state index is 13.1. The fraction of sp³-hybridized carbons (Fsp3) is 0.444. The van der Waals surface area contributed by atoms with Crippen LogP contribution in [0.25, 0.3) is 10.9 Å².